The van der Waals surface area contributed by atoms with Gasteiger partial charge < -0.3 is 20.3 Å². The zero-order valence-corrected chi connectivity index (χ0v) is 12.7. The van der Waals surface area contributed by atoms with E-state index >= 15 is 0 Å². The summed E-state index contributed by atoms with van der Waals surface area (Å²) in [4.78, 5) is 28.8. The second kappa shape index (κ2) is 8.91. The molecule has 21 heavy (non-hydrogen) atoms. The standard InChI is InChI=1S/C14H22N4O3/c1-18(2)14(20)12-10-11(4-6-16-12)15-7-5-13(19)17-8-9-21-3/h4,6,10H,5,7-9H2,1-3H3,(H,15,16)(H,17,19). The van der Waals surface area contributed by atoms with Gasteiger partial charge in [-0.25, -0.2) is 0 Å². The van der Waals surface area contributed by atoms with Crippen molar-refractivity contribution in [2.24, 2.45) is 0 Å². The van der Waals surface area contributed by atoms with Crippen LogP contribution in [0, 0.1) is 0 Å². The zero-order valence-electron chi connectivity index (χ0n) is 12.7. The first-order valence-corrected chi connectivity index (χ1v) is 6.72. The molecule has 1 rings (SSSR count). The van der Waals surface area contributed by atoms with Crippen LogP contribution in [0.4, 0.5) is 5.69 Å². The molecule has 0 atom stereocenters. The van der Waals surface area contributed by atoms with Gasteiger partial charge in [0, 0.05) is 52.6 Å². The Labute approximate surface area is 124 Å². The number of amides is 2. The van der Waals surface area contributed by atoms with Crippen molar-refractivity contribution in [2.75, 3.05) is 46.2 Å². The average molecular weight is 294 g/mol. The highest BCUT2D eigenvalue weighted by Crippen LogP contribution is 2.09. The first-order valence-electron chi connectivity index (χ1n) is 6.72. The molecule has 7 heteroatoms. The summed E-state index contributed by atoms with van der Waals surface area (Å²) in [5.41, 5.74) is 1.13. The third-order valence-electron chi connectivity index (χ3n) is 2.69. The van der Waals surface area contributed by atoms with Crippen LogP contribution in [0.3, 0.4) is 0 Å². The molecule has 0 bridgehead atoms. The molecule has 1 aromatic heterocycles. The molecule has 0 aromatic carbocycles. The van der Waals surface area contributed by atoms with E-state index in [4.69, 9.17) is 4.74 Å². The molecule has 0 aliphatic rings. The minimum atomic E-state index is -0.157. The molecule has 0 fully saturated rings. The van der Waals surface area contributed by atoms with Gasteiger partial charge in [0.05, 0.1) is 6.61 Å². The molecule has 2 N–H and O–H groups in total. The van der Waals surface area contributed by atoms with Crippen LogP contribution in [0.1, 0.15) is 16.9 Å². The fourth-order valence-corrected chi connectivity index (χ4v) is 1.59. The lowest BCUT2D eigenvalue weighted by molar-refractivity contribution is -0.121. The van der Waals surface area contributed by atoms with Gasteiger partial charge in [-0.3, -0.25) is 14.6 Å². The lowest BCUT2D eigenvalue weighted by atomic mass is 10.3. The Balaban J connectivity index is 2.40. The van der Waals surface area contributed by atoms with Crippen LogP contribution in [0.5, 0.6) is 0 Å². The Morgan fingerprint density at radius 3 is 2.76 bits per heavy atom. The summed E-state index contributed by atoms with van der Waals surface area (Å²) < 4.78 is 4.85. The summed E-state index contributed by atoms with van der Waals surface area (Å²) in [5, 5.41) is 5.83. The van der Waals surface area contributed by atoms with E-state index in [9.17, 15) is 9.59 Å². The Bertz CT molecular complexity index is 477. The number of pyridine rings is 1. The summed E-state index contributed by atoms with van der Waals surface area (Å²) in [7, 11) is 4.94. The predicted octanol–water partition coefficient (Wildman–Crippen LogP) is 0.348. The highest BCUT2D eigenvalue weighted by atomic mass is 16.5. The van der Waals surface area contributed by atoms with Gasteiger partial charge in [-0.05, 0) is 12.1 Å². The Morgan fingerprint density at radius 2 is 2.10 bits per heavy atom. The maximum absolute atomic E-state index is 11.8. The smallest absolute Gasteiger partial charge is 0.272 e. The number of anilines is 1. The van der Waals surface area contributed by atoms with E-state index < -0.39 is 0 Å². The highest BCUT2D eigenvalue weighted by molar-refractivity contribution is 5.92. The quantitative estimate of drug-likeness (QED) is 0.676. The molecule has 116 valence electrons. The number of hydrogen-bond donors (Lipinski definition) is 2. The van der Waals surface area contributed by atoms with Gasteiger partial charge in [-0.1, -0.05) is 0 Å². The summed E-state index contributed by atoms with van der Waals surface area (Å²) in [6.45, 7) is 1.49. The van der Waals surface area contributed by atoms with Crippen LogP contribution in [0.25, 0.3) is 0 Å². The first kappa shape index (κ1) is 16.9. The number of carbonyl (C=O) groups is 2. The third kappa shape index (κ3) is 6.22. The largest absolute Gasteiger partial charge is 0.384 e. The van der Waals surface area contributed by atoms with Gasteiger partial charge in [-0.15, -0.1) is 0 Å². The fraction of sp³-hybridized carbons (Fsp3) is 0.500. The van der Waals surface area contributed by atoms with Gasteiger partial charge in [0.2, 0.25) is 5.91 Å². The molecule has 0 unspecified atom stereocenters. The van der Waals surface area contributed by atoms with Gasteiger partial charge in [0.1, 0.15) is 5.69 Å². The van der Waals surface area contributed by atoms with Gasteiger partial charge >= 0.3 is 0 Å². The average Bonchev–Trinajstić information content (AvgIpc) is 2.47. The molecular formula is C14H22N4O3. The molecule has 0 aliphatic carbocycles. The lowest BCUT2D eigenvalue weighted by Crippen LogP contribution is -2.28. The van der Waals surface area contributed by atoms with Crippen molar-refractivity contribution in [3.63, 3.8) is 0 Å². The maximum atomic E-state index is 11.8. The highest BCUT2D eigenvalue weighted by Gasteiger charge is 2.09. The van der Waals surface area contributed by atoms with E-state index in [1.165, 1.54) is 4.90 Å². The predicted molar refractivity (Wildman–Crippen MR) is 80.2 cm³/mol. The molecule has 7 nitrogen and oxygen atoms in total. The number of nitrogens with one attached hydrogen (secondary N) is 2. The Morgan fingerprint density at radius 1 is 1.33 bits per heavy atom. The number of ether oxygens (including phenoxy) is 1. The topological polar surface area (TPSA) is 83.6 Å². The van der Waals surface area contributed by atoms with Crippen molar-refractivity contribution < 1.29 is 14.3 Å². The number of nitrogens with zero attached hydrogens (tertiary/aromatic N) is 2. The summed E-state index contributed by atoms with van der Waals surface area (Å²) in [6, 6.07) is 3.43. The van der Waals surface area contributed by atoms with E-state index in [0.29, 0.717) is 31.8 Å². The van der Waals surface area contributed by atoms with Gasteiger partial charge in [0.25, 0.3) is 5.91 Å². The van der Waals surface area contributed by atoms with E-state index in [2.05, 4.69) is 15.6 Å². The molecular weight excluding hydrogens is 272 g/mol. The van der Waals surface area contributed by atoms with E-state index in [0.717, 1.165) is 5.69 Å². The molecule has 1 heterocycles. The molecule has 1 aromatic rings. The van der Waals surface area contributed by atoms with Crippen molar-refractivity contribution in [2.45, 2.75) is 6.42 Å². The molecule has 0 saturated carbocycles. The molecule has 0 radical (unpaired) electrons. The first-order chi connectivity index (χ1) is 10.0. The zero-order chi connectivity index (χ0) is 15.7. The third-order valence-corrected chi connectivity index (χ3v) is 2.69. The number of carbonyl (C=O) groups excluding carboxylic acids is 2. The maximum Gasteiger partial charge on any atom is 0.272 e. The van der Waals surface area contributed by atoms with Gasteiger partial charge in [0.15, 0.2) is 0 Å². The lowest BCUT2D eigenvalue weighted by Gasteiger charge is -2.11. The second-order valence-corrected chi connectivity index (χ2v) is 4.65. The second-order valence-electron chi connectivity index (χ2n) is 4.65. The fourth-order valence-electron chi connectivity index (χ4n) is 1.59. The van der Waals surface area contributed by atoms with Crippen molar-refractivity contribution in [1.82, 2.24) is 15.2 Å². The Kier molecular flexibility index (Phi) is 7.17. The minimum Gasteiger partial charge on any atom is -0.384 e. The summed E-state index contributed by atoms with van der Waals surface area (Å²) in [6.07, 6.45) is 1.92. The van der Waals surface area contributed by atoms with Crippen molar-refractivity contribution >= 4 is 17.5 Å². The molecule has 0 saturated heterocycles. The van der Waals surface area contributed by atoms with Crippen LogP contribution < -0.4 is 10.6 Å². The number of hydrogen-bond acceptors (Lipinski definition) is 5. The van der Waals surface area contributed by atoms with Crippen molar-refractivity contribution in [1.29, 1.82) is 0 Å². The number of rotatable bonds is 8. The summed E-state index contributed by atoms with van der Waals surface area (Å²) >= 11 is 0. The SMILES string of the molecule is COCCNC(=O)CCNc1ccnc(C(=O)N(C)C)c1. The van der Waals surface area contributed by atoms with Crippen LogP contribution in [-0.2, 0) is 9.53 Å². The van der Waals surface area contributed by atoms with E-state index in [-0.39, 0.29) is 11.8 Å². The summed E-state index contributed by atoms with van der Waals surface area (Å²) in [5.74, 6) is -0.200. The van der Waals surface area contributed by atoms with Crippen molar-refractivity contribution in [3.05, 3.63) is 24.0 Å². The number of aromatic nitrogens is 1. The van der Waals surface area contributed by atoms with Gasteiger partial charge in [-0.2, -0.15) is 0 Å². The minimum absolute atomic E-state index is 0.0433. The molecule has 0 spiro atoms. The van der Waals surface area contributed by atoms with Crippen LogP contribution >= 0.6 is 0 Å². The number of methoxy groups -OCH3 is 1. The van der Waals surface area contributed by atoms with Crippen molar-refractivity contribution in [3.8, 4) is 0 Å². The Hall–Kier alpha value is -2.15. The van der Waals surface area contributed by atoms with E-state index in [1.54, 1.807) is 39.5 Å². The molecule has 0 aliphatic heterocycles. The molecule has 2 amide bonds. The van der Waals surface area contributed by atoms with Crippen LogP contribution in [-0.4, -0.2) is 62.6 Å². The van der Waals surface area contributed by atoms with Crippen LogP contribution in [0.2, 0.25) is 0 Å². The normalized spacial score (nSPS) is 10.0. The van der Waals surface area contributed by atoms with E-state index in [1.807, 2.05) is 0 Å². The monoisotopic (exact) mass is 294 g/mol. The van der Waals surface area contributed by atoms with Crippen LogP contribution in [0.15, 0.2) is 18.3 Å².